The van der Waals surface area contributed by atoms with Crippen LogP contribution in [0.15, 0.2) is 24.3 Å². The molecule has 1 aliphatic heterocycles. The summed E-state index contributed by atoms with van der Waals surface area (Å²) in [7, 11) is 0. The van der Waals surface area contributed by atoms with E-state index in [1.807, 2.05) is 0 Å². The standard InChI is InChI=1S/C17H25NO9/c18-5-6-25-11-3-1-10(2-4-11)9-26-13-7-17(24,16(22)23)27-15(14(13)21)12(20)8-19/h1-4,12-15,19-21,24H,5-9,18H2,(H,22,23)/t12-,13-,14-,15-,17-/m1/s1. The van der Waals surface area contributed by atoms with Gasteiger partial charge < -0.3 is 45.5 Å². The zero-order valence-corrected chi connectivity index (χ0v) is 14.6. The molecule has 5 atom stereocenters. The Morgan fingerprint density at radius 2 is 2.04 bits per heavy atom. The average Bonchev–Trinajstić information content (AvgIpc) is 2.66. The van der Waals surface area contributed by atoms with Crippen molar-refractivity contribution in [3.63, 3.8) is 0 Å². The number of ether oxygens (including phenoxy) is 3. The molecule has 1 aromatic carbocycles. The minimum atomic E-state index is -2.65. The lowest BCUT2D eigenvalue weighted by Gasteiger charge is -2.43. The van der Waals surface area contributed by atoms with Gasteiger partial charge in [-0.1, -0.05) is 12.1 Å². The number of carbonyl (C=O) groups is 1. The second kappa shape index (κ2) is 9.42. The second-order valence-electron chi connectivity index (χ2n) is 6.25. The first kappa shape index (κ1) is 21.5. The maximum Gasteiger partial charge on any atom is 0.364 e. The van der Waals surface area contributed by atoms with Gasteiger partial charge in [-0.25, -0.2) is 4.79 Å². The van der Waals surface area contributed by atoms with E-state index in [1.54, 1.807) is 24.3 Å². The van der Waals surface area contributed by atoms with E-state index in [9.17, 15) is 25.2 Å². The van der Waals surface area contributed by atoms with E-state index < -0.39 is 49.2 Å². The van der Waals surface area contributed by atoms with Gasteiger partial charge in [0, 0.05) is 13.0 Å². The van der Waals surface area contributed by atoms with Gasteiger partial charge in [0.25, 0.3) is 5.79 Å². The average molecular weight is 387 g/mol. The fourth-order valence-electron chi connectivity index (χ4n) is 2.72. The van der Waals surface area contributed by atoms with Crippen molar-refractivity contribution in [3.8, 4) is 5.75 Å². The topological polar surface area (TPSA) is 172 Å². The summed E-state index contributed by atoms with van der Waals surface area (Å²) in [6, 6.07) is 6.86. The highest BCUT2D eigenvalue weighted by Gasteiger charge is 2.53. The Morgan fingerprint density at radius 3 is 2.59 bits per heavy atom. The highest BCUT2D eigenvalue weighted by molar-refractivity contribution is 5.75. The number of carboxylic acids is 1. The predicted molar refractivity (Wildman–Crippen MR) is 90.7 cm³/mol. The summed E-state index contributed by atoms with van der Waals surface area (Å²) >= 11 is 0. The van der Waals surface area contributed by atoms with Crippen LogP contribution in [0.1, 0.15) is 12.0 Å². The molecule has 0 unspecified atom stereocenters. The van der Waals surface area contributed by atoms with Crippen LogP contribution in [0.2, 0.25) is 0 Å². The lowest BCUT2D eigenvalue weighted by molar-refractivity contribution is -0.314. The van der Waals surface area contributed by atoms with Crippen LogP contribution in [0.4, 0.5) is 0 Å². The summed E-state index contributed by atoms with van der Waals surface area (Å²) in [5.41, 5.74) is 6.08. The van der Waals surface area contributed by atoms with Gasteiger partial charge in [0.1, 0.15) is 30.7 Å². The first-order chi connectivity index (χ1) is 12.8. The molecule has 1 heterocycles. The zero-order chi connectivity index (χ0) is 20.0. The molecule has 7 N–H and O–H groups in total. The van der Waals surface area contributed by atoms with Crippen LogP contribution in [0.5, 0.6) is 5.75 Å². The summed E-state index contributed by atoms with van der Waals surface area (Å²) in [5.74, 6) is -3.70. The smallest absolute Gasteiger partial charge is 0.364 e. The second-order valence-corrected chi connectivity index (χ2v) is 6.25. The summed E-state index contributed by atoms with van der Waals surface area (Å²) in [6.45, 7) is -0.00273. The molecule has 1 fully saturated rings. The highest BCUT2D eigenvalue weighted by atomic mass is 16.7. The van der Waals surface area contributed by atoms with E-state index in [2.05, 4.69) is 0 Å². The molecule has 152 valence electrons. The first-order valence-corrected chi connectivity index (χ1v) is 8.44. The normalized spacial score (nSPS) is 29.3. The number of nitrogens with two attached hydrogens (primary N) is 1. The summed E-state index contributed by atoms with van der Waals surface area (Å²) < 4.78 is 15.8. The van der Waals surface area contributed by atoms with Gasteiger partial charge in [0.2, 0.25) is 0 Å². The molecule has 0 saturated carbocycles. The van der Waals surface area contributed by atoms with Gasteiger partial charge >= 0.3 is 5.97 Å². The Hall–Kier alpha value is -1.79. The quantitative estimate of drug-likeness (QED) is 0.283. The molecule has 0 spiro atoms. The molecule has 27 heavy (non-hydrogen) atoms. The molecule has 0 amide bonds. The molecule has 0 aromatic heterocycles. The molecule has 0 radical (unpaired) electrons. The van der Waals surface area contributed by atoms with Crippen molar-refractivity contribution in [2.24, 2.45) is 5.73 Å². The number of rotatable bonds is 9. The number of aliphatic hydroxyl groups is 4. The Morgan fingerprint density at radius 1 is 1.37 bits per heavy atom. The summed E-state index contributed by atoms with van der Waals surface area (Å²) in [5, 5.41) is 48.4. The molecular weight excluding hydrogens is 362 g/mol. The molecule has 1 aromatic rings. The summed E-state index contributed by atoms with van der Waals surface area (Å²) in [6.07, 6.45) is -6.24. The first-order valence-electron chi connectivity index (χ1n) is 8.44. The number of hydrogen-bond acceptors (Lipinski definition) is 9. The molecule has 1 saturated heterocycles. The number of aliphatic carboxylic acids is 1. The van der Waals surface area contributed by atoms with E-state index in [0.29, 0.717) is 24.5 Å². The van der Waals surface area contributed by atoms with E-state index >= 15 is 0 Å². The Balaban J connectivity index is 2.05. The third-order valence-corrected chi connectivity index (χ3v) is 4.20. The number of benzene rings is 1. The number of hydrogen-bond donors (Lipinski definition) is 6. The van der Waals surface area contributed by atoms with E-state index in [0.717, 1.165) is 0 Å². The minimum Gasteiger partial charge on any atom is -0.492 e. The maximum absolute atomic E-state index is 11.3. The van der Waals surface area contributed by atoms with Crippen LogP contribution in [0, 0.1) is 0 Å². The largest absolute Gasteiger partial charge is 0.492 e. The van der Waals surface area contributed by atoms with Crippen molar-refractivity contribution in [1.82, 2.24) is 0 Å². The van der Waals surface area contributed by atoms with Gasteiger partial charge in [0.05, 0.1) is 19.3 Å². The van der Waals surface area contributed by atoms with Gasteiger partial charge in [-0.15, -0.1) is 0 Å². The van der Waals surface area contributed by atoms with Crippen LogP contribution >= 0.6 is 0 Å². The zero-order valence-electron chi connectivity index (χ0n) is 14.6. The van der Waals surface area contributed by atoms with Crippen molar-refractivity contribution < 1.29 is 44.5 Å². The van der Waals surface area contributed by atoms with Gasteiger partial charge in [0.15, 0.2) is 0 Å². The van der Waals surface area contributed by atoms with E-state index in [4.69, 9.17) is 25.1 Å². The van der Waals surface area contributed by atoms with Crippen molar-refractivity contribution in [1.29, 1.82) is 0 Å². The Bertz CT molecular complexity index is 611. The van der Waals surface area contributed by atoms with Crippen molar-refractivity contribution in [2.45, 2.75) is 43.2 Å². The van der Waals surface area contributed by atoms with Crippen LogP contribution in [0.25, 0.3) is 0 Å². The molecule has 0 aliphatic carbocycles. The monoisotopic (exact) mass is 387 g/mol. The molecular formula is C17H25NO9. The highest BCUT2D eigenvalue weighted by Crippen LogP contribution is 2.32. The SMILES string of the molecule is NCCOc1ccc(CO[C@@H]2C[C@](O)(C(=O)O)O[C@H]([C@H](O)CO)[C@@H]2O)cc1. The molecule has 0 bridgehead atoms. The third-order valence-electron chi connectivity index (χ3n) is 4.20. The van der Waals surface area contributed by atoms with Crippen molar-refractivity contribution in [3.05, 3.63) is 29.8 Å². The molecule has 1 aliphatic rings. The number of carboxylic acid groups (broad SMARTS) is 1. The van der Waals surface area contributed by atoms with Crippen molar-refractivity contribution in [2.75, 3.05) is 19.8 Å². The third kappa shape index (κ3) is 5.36. The summed E-state index contributed by atoms with van der Waals surface area (Å²) in [4.78, 5) is 11.3. The Labute approximate surface area is 155 Å². The maximum atomic E-state index is 11.3. The van der Waals surface area contributed by atoms with Crippen LogP contribution < -0.4 is 10.5 Å². The number of aliphatic hydroxyl groups excluding tert-OH is 3. The van der Waals surface area contributed by atoms with Crippen LogP contribution in [-0.4, -0.2) is 81.5 Å². The van der Waals surface area contributed by atoms with Crippen LogP contribution in [0.3, 0.4) is 0 Å². The van der Waals surface area contributed by atoms with Gasteiger partial charge in [-0.3, -0.25) is 0 Å². The minimum absolute atomic E-state index is 0.0105. The van der Waals surface area contributed by atoms with E-state index in [-0.39, 0.29) is 6.61 Å². The van der Waals surface area contributed by atoms with Crippen molar-refractivity contribution >= 4 is 5.97 Å². The molecule has 10 heteroatoms. The van der Waals surface area contributed by atoms with Crippen LogP contribution in [-0.2, 0) is 20.9 Å². The fourth-order valence-corrected chi connectivity index (χ4v) is 2.72. The van der Waals surface area contributed by atoms with E-state index in [1.165, 1.54) is 0 Å². The predicted octanol–water partition coefficient (Wildman–Crippen LogP) is -1.81. The molecule has 10 nitrogen and oxygen atoms in total. The Kier molecular flexibility index (Phi) is 7.50. The van der Waals surface area contributed by atoms with Gasteiger partial charge in [-0.05, 0) is 17.7 Å². The van der Waals surface area contributed by atoms with Gasteiger partial charge in [-0.2, -0.15) is 0 Å². The fraction of sp³-hybridized carbons (Fsp3) is 0.588. The molecule has 2 rings (SSSR count). The lowest BCUT2D eigenvalue weighted by atomic mass is 9.92. The lowest BCUT2D eigenvalue weighted by Crippen LogP contribution is -2.62.